The number of anilines is 1. The summed E-state index contributed by atoms with van der Waals surface area (Å²) in [7, 11) is 0. The Morgan fingerprint density at radius 2 is 2.05 bits per heavy atom. The standard InChI is InChI=1S/C12H12N4O2S/c13-15-12-9(2-1-3-11(12)16(17)18)8-19-10-4-6-14-7-5-10/h1-7,15H,8,13H2. The van der Waals surface area contributed by atoms with Crippen LogP contribution in [0.25, 0.3) is 0 Å². The van der Waals surface area contributed by atoms with Gasteiger partial charge in [-0.25, -0.2) is 0 Å². The Labute approximate surface area is 114 Å². The number of hydrogen-bond donors (Lipinski definition) is 2. The first kappa shape index (κ1) is 13.3. The zero-order chi connectivity index (χ0) is 13.7. The SMILES string of the molecule is NNc1c(CSc2ccncc2)cccc1[N+](=O)[O-]. The molecule has 3 N–H and O–H groups in total. The van der Waals surface area contributed by atoms with Crippen LogP contribution >= 0.6 is 11.8 Å². The van der Waals surface area contributed by atoms with Crippen molar-refractivity contribution >= 4 is 23.1 Å². The van der Waals surface area contributed by atoms with Gasteiger partial charge in [-0.1, -0.05) is 12.1 Å². The van der Waals surface area contributed by atoms with Gasteiger partial charge >= 0.3 is 0 Å². The zero-order valence-corrected chi connectivity index (χ0v) is 10.8. The van der Waals surface area contributed by atoms with Gasteiger partial charge in [-0.15, -0.1) is 11.8 Å². The number of nitro groups is 1. The fourth-order valence-corrected chi connectivity index (χ4v) is 2.50. The monoisotopic (exact) mass is 276 g/mol. The summed E-state index contributed by atoms with van der Waals surface area (Å²) in [6, 6.07) is 8.67. The number of aromatic nitrogens is 1. The molecule has 0 saturated heterocycles. The summed E-state index contributed by atoms with van der Waals surface area (Å²) in [6.45, 7) is 0. The first-order chi connectivity index (χ1) is 9.22. The van der Waals surface area contributed by atoms with E-state index in [1.807, 2.05) is 18.2 Å². The second kappa shape index (κ2) is 6.17. The lowest BCUT2D eigenvalue weighted by atomic mass is 10.2. The number of nitrogens with two attached hydrogens (primary N) is 1. The van der Waals surface area contributed by atoms with E-state index < -0.39 is 4.92 Å². The maximum atomic E-state index is 10.9. The minimum Gasteiger partial charge on any atom is -0.318 e. The Balaban J connectivity index is 2.21. The molecule has 1 aromatic heterocycles. The van der Waals surface area contributed by atoms with E-state index in [-0.39, 0.29) is 5.69 Å². The van der Waals surface area contributed by atoms with Crippen LogP contribution < -0.4 is 11.3 Å². The molecule has 0 saturated carbocycles. The molecule has 6 nitrogen and oxygen atoms in total. The lowest BCUT2D eigenvalue weighted by Crippen LogP contribution is -2.11. The highest BCUT2D eigenvalue weighted by Crippen LogP contribution is 2.32. The molecule has 0 bridgehead atoms. The molecule has 0 fully saturated rings. The molecule has 2 rings (SSSR count). The summed E-state index contributed by atoms with van der Waals surface area (Å²) in [6.07, 6.45) is 3.41. The van der Waals surface area contributed by atoms with Gasteiger partial charge in [-0.05, 0) is 17.7 Å². The number of hydrazine groups is 1. The molecule has 0 amide bonds. The summed E-state index contributed by atoms with van der Waals surface area (Å²) in [5.74, 6) is 5.97. The quantitative estimate of drug-likeness (QED) is 0.377. The van der Waals surface area contributed by atoms with Crippen molar-refractivity contribution in [1.29, 1.82) is 0 Å². The average Bonchev–Trinajstić information content (AvgIpc) is 2.45. The van der Waals surface area contributed by atoms with Gasteiger partial charge in [0.15, 0.2) is 0 Å². The number of thioether (sulfide) groups is 1. The van der Waals surface area contributed by atoms with Crippen molar-refractivity contribution in [3.8, 4) is 0 Å². The van der Waals surface area contributed by atoms with E-state index in [1.54, 1.807) is 30.2 Å². The van der Waals surface area contributed by atoms with E-state index in [9.17, 15) is 10.1 Å². The molecule has 1 heterocycles. The van der Waals surface area contributed by atoms with Crippen molar-refractivity contribution in [1.82, 2.24) is 4.98 Å². The Hall–Kier alpha value is -2.12. The van der Waals surface area contributed by atoms with E-state index in [0.29, 0.717) is 11.4 Å². The molecule has 0 aliphatic carbocycles. The van der Waals surface area contributed by atoms with E-state index in [2.05, 4.69) is 10.4 Å². The van der Waals surface area contributed by atoms with Crippen molar-refractivity contribution in [3.63, 3.8) is 0 Å². The van der Waals surface area contributed by atoms with Crippen molar-refractivity contribution in [2.75, 3.05) is 5.43 Å². The third kappa shape index (κ3) is 3.21. The topological polar surface area (TPSA) is 94.1 Å². The van der Waals surface area contributed by atoms with E-state index in [0.717, 1.165) is 10.5 Å². The number of benzene rings is 1. The van der Waals surface area contributed by atoms with E-state index >= 15 is 0 Å². The van der Waals surface area contributed by atoms with Crippen LogP contribution in [0.1, 0.15) is 5.56 Å². The van der Waals surface area contributed by atoms with Crippen LogP contribution in [-0.2, 0) is 5.75 Å². The molecular weight excluding hydrogens is 264 g/mol. The summed E-state index contributed by atoms with van der Waals surface area (Å²) >= 11 is 1.57. The molecule has 0 unspecified atom stereocenters. The highest BCUT2D eigenvalue weighted by Gasteiger charge is 2.16. The van der Waals surface area contributed by atoms with Gasteiger partial charge in [0.05, 0.1) is 4.92 Å². The van der Waals surface area contributed by atoms with Crippen LogP contribution in [0, 0.1) is 10.1 Å². The van der Waals surface area contributed by atoms with Gasteiger partial charge in [0.1, 0.15) is 5.69 Å². The highest BCUT2D eigenvalue weighted by molar-refractivity contribution is 7.98. The predicted octanol–water partition coefficient (Wildman–Crippen LogP) is 2.57. The number of hydrogen-bond acceptors (Lipinski definition) is 6. The fourth-order valence-electron chi connectivity index (χ4n) is 1.62. The van der Waals surface area contributed by atoms with Crippen LogP contribution in [-0.4, -0.2) is 9.91 Å². The lowest BCUT2D eigenvalue weighted by Gasteiger charge is -2.08. The number of nitro benzene ring substituents is 1. The zero-order valence-electron chi connectivity index (χ0n) is 9.95. The van der Waals surface area contributed by atoms with Crippen LogP contribution in [0.15, 0.2) is 47.6 Å². The predicted molar refractivity (Wildman–Crippen MR) is 74.7 cm³/mol. The number of nitrogens with zero attached hydrogens (tertiary/aromatic N) is 2. The molecule has 2 aromatic rings. The Kier molecular flexibility index (Phi) is 4.32. The number of nitrogen functional groups attached to an aromatic ring is 1. The number of pyridine rings is 1. The molecule has 0 radical (unpaired) electrons. The summed E-state index contributed by atoms with van der Waals surface area (Å²) in [4.78, 5) is 15.4. The van der Waals surface area contributed by atoms with E-state index in [1.165, 1.54) is 6.07 Å². The van der Waals surface area contributed by atoms with Gasteiger partial charge in [-0.3, -0.25) is 20.9 Å². The second-order valence-electron chi connectivity index (χ2n) is 3.68. The van der Waals surface area contributed by atoms with E-state index in [4.69, 9.17) is 5.84 Å². The van der Waals surface area contributed by atoms with Crippen molar-refractivity contribution in [2.45, 2.75) is 10.6 Å². The lowest BCUT2D eigenvalue weighted by molar-refractivity contribution is -0.384. The Morgan fingerprint density at radius 1 is 1.32 bits per heavy atom. The minimum atomic E-state index is -0.449. The fraction of sp³-hybridized carbons (Fsp3) is 0.0833. The maximum Gasteiger partial charge on any atom is 0.293 e. The molecule has 19 heavy (non-hydrogen) atoms. The number of rotatable bonds is 5. The molecule has 0 spiro atoms. The summed E-state index contributed by atoms with van der Waals surface area (Å²) in [5.41, 5.74) is 3.54. The summed E-state index contributed by atoms with van der Waals surface area (Å²) in [5, 5.41) is 10.9. The molecular formula is C12H12N4O2S. The average molecular weight is 276 g/mol. The highest BCUT2D eigenvalue weighted by atomic mass is 32.2. The molecule has 0 aliphatic heterocycles. The normalized spacial score (nSPS) is 10.2. The first-order valence-electron chi connectivity index (χ1n) is 5.48. The molecule has 7 heteroatoms. The third-order valence-corrected chi connectivity index (χ3v) is 3.57. The van der Waals surface area contributed by atoms with Crippen LogP contribution in [0.5, 0.6) is 0 Å². The van der Waals surface area contributed by atoms with Crippen molar-refractivity contribution < 1.29 is 4.92 Å². The van der Waals surface area contributed by atoms with Gasteiger partial charge in [0.2, 0.25) is 0 Å². The maximum absolute atomic E-state index is 10.9. The second-order valence-corrected chi connectivity index (χ2v) is 4.73. The molecule has 0 aliphatic rings. The first-order valence-corrected chi connectivity index (χ1v) is 6.46. The minimum absolute atomic E-state index is 0.0182. The van der Waals surface area contributed by atoms with Gasteiger partial charge in [-0.2, -0.15) is 0 Å². The molecule has 0 atom stereocenters. The third-order valence-electron chi connectivity index (χ3n) is 2.51. The summed E-state index contributed by atoms with van der Waals surface area (Å²) < 4.78 is 0. The van der Waals surface area contributed by atoms with Gasteiger partial charge in [0.25, 0.3) is 5.69 Å². The Bertz CT molecular complexity index is 577. The number of para-hydroxylation sites is 1. The van der Waals surface area contributed by atoms with Crippen LogP contribution in [0.3, 0.4) is 0 Å². The number of nitrogens with one attached hydrogen (secondary N) is 1. The smallest absolute Gasteiger partial charge is 0.293 e. The molecule has 98 valence electrons. The Morgan fingerprint density at radius 3 is 2.68 bits per heavy atom. The molecule has 1 aromatic carbocycles. The van der Waals surface area contributed by atoms with Crippen LogP contribution in [0.2, 0.25) is 0 Å². The van der Waals surface area contributed by atoms with Gasteiger partial charge in [0, 0.05) is 29.1 Å². The van der Waals surface area contributed by atoms with Crippen LogP contribution in [0.4, 0.5) is 11.4 Å². The van der Waals surface area contributed by atoms with Crippen molar-refractivity contribution in [3.05, 3.63) is 58.4 Å². The largest absolute Gasteiger partial charge is 0.318 e. The van der Waals surface area contributed by atoms with Crippen molar-refractivity contribution in [2.24, 2.45) is 5.84 Å². The van der Waals surface area contributed by atoms with Gasteiger partial charge < -0.3 is 5.43 Å².